The van der Waals surface area contributed by atoms with E-state index >= 15 is 0 Å². The van der Waals surface area contributed by atoms with Gasteiger partial charge in [-0.3, -0.25) is 4.98 Å². The van der Waals surface area contributed by atoms with Crippen LogP contribution in [-0.2, 0) is 4.79 Å². The van der Waals surface area contributed by atoms with E-state index in [0.717, 1.165) is 23.0 Å². The average Bonchev–Trinajstić information content (AvgIpc) is 2.27. The van der Waals surface area contributed by atoms with E-state index in [1.165, 1.54) is 0 Å². The summed E-state index contributed by atoms with van der Waals surface area (Å²) >= 11 is 0. The smallest absolute Gasteiger partial charge is 0.128 e. The molecule has 1 unspecified atom stereocenters. The molecule has 0 saturated carbocycles. The minimum atomic E-state index is -0.188. The van der Waals surface area contributed by atoms with E-state index in [-0.39, 0.29) is 5.92 Å². The first-order valence-corrected chi connectivity index (χ1v) is 4.48. The van der Waals surface area contributed by atoms with Gasteiger partial charge in [0, 0.05) is 6.20 Å². The third-order valence-electron chi connectivity index (χ3n) is 2.14. The van der Waals surface area contributed by atoms with Gasteiger partial charge in [0.1, 0.15) is 6.29 Å². The molecule has 1 aromatic carbocycles. The highest BCUT2D eigenvalue weighted by atomic mass is 16.1. The highest BCUT2D eigenvalue weighted by molar-refractivity contribution is 5.74. The molecule has 0 radical (unpaired) electrons. The van der Waals surface area contributed by atoms with Crippen LogP contribution in [-0.4, -0.2) is 16.3 Å². The second-order valence-corrected chi connectivity index (χ2v) is 3.21. The predicted molar refractivity (Wildman–Crippen MR) is 54.0 cm³/mol. The number of hydrogen-bond acceptors (Lipinski definition) is 3. The number of fused-ring (bicyclic) bond motifs is 1. The molecule has 0 amide bonds. The van der Waals surface area contributed by atoms with Gasteiger partial charge in [0.15, 0.2) is 0 Å². The Morgan fingerprint density at radius 1 is 1.29 bits per heavy atom. The fourth-order valence-electron chi connectivity index (χ4n) is 1.26. The van der Waals surface area contributed by atoms with Crippen molar-refractivity contribution in [2.24, 2.45) is 0 Å². The van der Waals surface area contributed by atoms with Crippen LogP contribution in [0.3, 0.4) is 0 Å². The Morgan fingerprint density at radius 3 is 2.71 bits per heavy atom. The van der Waals surface area contributed by atoms with Crippen LogP contribution < -0.4 is 0 Å². The zero-order valence-corrected chi connectivity index (χ0v) is 7.84. The predicted octanol–water partition coefficient (Wildman–Crippen LogP) is 1.93. The molecule has 0 bridgehead atoms. The second kappa shape index (κ2) is 3.54. The fourth-order valence-corrected chi connectivity index (χ4v) is 1.26. The van der Waals surface area contributed by atoms with Gasteiger partial charge in [-0.15, -0.1) is 0 Å². The Hall–Kier alpha value is -1.77. The third kappa shape index (κ3) is 1.48. The maximum Gasteiger partial charge on any atom is 0.128 e. The molecule has 1 heterocycles. The third-order valence-corrected chi connectivity index (χ3v) is 2.14. The number of benzene rings is 1. The Bertz CT molecular complexity index is 468. The Morgan fingerprint density at radius 2 is 2.00 bits per heavy atom. The van der Waals surface area contributed by atoms with Crippen molar-refractivity contribution < 1.29 is 4.79 Å². The van der Waals surface area contributed by atoms with Gasteiger partial charge in [-0.2, -0.15) is 0 Å². The van der Waals surface area contributed by atoms with Crippen LogP contribution in [0.2, 0.25) is 0 Å². The normalized spacial score (nSPS) is 12.6. The first kappa shape index (κ1) is 8.81. The Balaban J connectivity index is 2.56. The Labute approximate surface area is 81.8 Å². The Kier molecular flexibility index (Phi) is 2.23. The van der Waals surface area contributed by atoms with Gasteiger partial charge in [-0.25, -0.2) is 4.98 Å². The summed E-state index contributed by atoms with van der Waals surface area (Å²) in [6, 6.07) is 7.62. The van der Waals surface area contributed by atoms with E-state index in [9.17, 15) is 4.79 Å². The maximum atomic E-state index is 10.6. The van der Waals surface area contributed by atoms with Crippen molar-refractivity contribution in [3.8, 4) is 0 Å². The summed E-state index contributed by atoms with van der Waals surface area (Å²) in [4.78, 5) is 19.2. The molecule has 0 aliphatic rings. The number of nitrogens with zero attached hydrogens (tertiary/aromatic N) is 2. The lowest BCUT2D eigenvalue weighted by atomic mass is 10.1. The van der Waals surface area contributed by atoms with Gasteiger partial charge in [0.2, 0.25) is 0 Å². The van der Waals surface area contributed by atoms with E-state index in [1.807, 2.05) is 31.2 Å². The molecule has 0 saturated heterocycles. The van der Waals surface area contributed by atoms with Crippen molar-refractivity contribution in [2.75, 3.05) is 0 Å². The molecule has 3 heteroatoms. The number of aldehydes is 1. The molecule has 2 rings (SSSR count). The zero-order chi connectivity index (χ0) is 9.97. The van der Waals surface area contributed by atoms with E-state index in [0.29, 0.717) is 0 Å². The number of hydrogen-bond donors (Lipinski definition) is 0. The van der Waals surface area contributed by atoms with E-state index in [4.69, 9.17) is 0 Å². The van der Waals surface area contributed by atoms with Crippen LogP contribution in [0.15, 0.2) is 30.5 Å². The van der Waals surface area contributed by atoms with Gasteiger partial charge in [-0.05, 0) is 12.1 Å². The van der Waals surface area contributed by atoms with E-state index < -0.39 is 0 Å². The van der Waals surface area contributed by atoms with Crippen LogP contribution in [0.5, 0.6) is 0 Å². The first-order valence-electron chi connectivity index (χ1n) is 4.48. The average molecular weight is 186 g/mol. The molecule has 0 fully saturated rings. The lowest BCUT2D eigenvalue weighted by Crippen LogP contribution is -1.99. The van der Waals surface area contributed by atoms with Gasteiger partial charge in [0.25, 0.3) is 0 Å². The van der Waals surface area contributed by atoms with Crippen LogP contribution in [0.25, 0.3) is 11.0 Å². The summed E-state index contributed by atoms with van der Waals surface area (Å²) in [6.45, 7) is 1.81. The van der Waals surface area contributed by atoms with Crippen LogP contribution in [0.1, 0.15) is 18.5 Å². The lowest BCUT2D eigenvalue weighted by Gasteiger charge is -2.03. The number of aromatic nitrogens is 2. The van der Waals surface area contributed by atoms with Crippen molar-refractivity contribution in [2.45, 2.75) is 12.8 Å². The highest BCUT2D eigenvalue weighted by Crippen LogP contribution is 2.13. The molecule has 1 aromatic heterocycles. The minimum absolute atomic E-state index is 0.188. The van der Waals surface area contributed by atoms with Crippen LogP contribution in [0, 0.1) is 0 Å². The summed E-state index contributed by atoms with van der Waals surface area (Å²) in [7, 11) is 0. The molecular formula is C11H10N2O. The van der Waals surface area contributed by atoms with Gasteiger partial charge in [0.05, 0.1) is 22.6 Å². The summed E-state index contributed by atoms with van der Waals surface area (Å²) in [5.41, 5.74) is 2.41. The summed E-state index contributed by atoms with van der Waals surface area (Å²) < 4.78 is 0. The number of carbonyl (C=O) groups excluding carboxylic acids is 1. The fraction of sp³-hybridized carbons (Fsp3) is 0.182. The largest absolute Gasteiger partial charge is 0.303 e. The molecule has 14 heavy (non-hydrogen) atoms. The van der Waals surface area contributed by atoms with Crippen molar-refractivity contribution in [1.82, 2.24) is 9.97 Å². The number of rotatable bonds is 2. The van der Waals surface area contributed by atoms with E-state index in [1.54, 1.807) is 6.20 Å². The summed E-state index contributed by atoms with van der Waals surface area (Å²) in [5.74, 6) is -0.188. The molecule has 1 atom stereocenters. The molecular weight excluding hydrogens is 176 g/mol. The second-order valence-electron chi connectivity index (χ2n) is 3.21. The topological polar surface area (TPSA) is 42.9 Å². The van der Waals surface area contributed by atoms with Gasteiger partial charge >= 0.3 is 0 Å². The monoisotopic (exact) mass is 186 g/mol. The maximum absolute atomic E-state index is 10.6. The zero-order valence-electron chi connectivity index (χ0n) is 7.84. The number of para-hydroxylation sites is 2. The van der Waals surface area contributed by atoms with Crippen molar-refractivity contribution in [3.05, 3.63) is 36.2 Å². The molecule has 0 aliphatic carbocycles. The molecule has 0 aliphatic heterocycles. The van der Waals surface area contributed by atoms with Crippen molar-refractivity contribution >= 4 is 17.3 Å². The van der Waals surface area contributed by atoms with Crippen molar-refractivity contribution in [1.29, 1.82) is 0 Å². The van der Waals surface area contributed by atoms with Crippen LogP contribution >= 0.6 is 0 Å². The summed E-state index contributed by atoms with van der Waals surface area (Å²) in [6.07, 6.45) is 2.53. The summed E-state index contributed by atoms with van der Waals surface area (Å²) in [5, 5.41) is 0. The molecule has 0 spiro atoms. The molecule has 0 N–H and O–H groups in total. The van der Waals surface area contributed by atoms with Crippen molar-refractivity contribution in [3.63, 3.8) is 0 Å². The van der Waals surface area contributed by atoms with Crippen LogP contribution in [0.4, 0.5) is 0 Å². The molecule has 2 aromatic rings. The van der Waals surface area contributed by atoms with Gasteiger partial charge < -0.3 is 4.79 Å². The molecule has 70 valence electrons. The quantitative estimate of drug-likeness (QED) is 0.673. The SMILES string of the molecule is CC(C=O)c1cnc2ccccc2n1. The highest BCUT2D eigenvalue weighted by Gasteiger charge is 2.06. The van der Waals surface area contributed by atoms with Gasteiger partial charge in [-0.1, -0.05) is 19.1 Å². The lowest BCUT2D eigenvalue weighted by molar-refractivity contribution is -0.108. The standard InChI is InChI=1S/C11H10N2O/c1-8(7-14)11-6-12-9-4-2-3-5-10(9)13-11/h2-8H,1H3. The minimum Gasteiger partial charge on any atom is -0.303 e. The number of carbonyl (C=O) groups is 1. The van der Waals surface area contributed by atoms with E-state index in [2.05, 4.69) is 9.97 Å². The molecule has 3 nitrogen and oxygen atoms in total. The first-order chi connectivity index (χ1) is 6.81.